The standard InChI is InChI=1S/C42H28BrN/c43-35-22-23-42-40(28-35)39-20-9-10-21-41(39)44(42)36-26-33(32-17-11-16-31(24-32)29-12-3-1-4-13-29)25-34(27-36)38-19-8-7-18-37(38)30-14-5-2-6-15-30/h1-28H. The van der Waals surface area contributed by atoms with E-state index >= 15 is 0 Å². The van der Waals surface area contributed by atoms with Crippen LogP contribution in [0, 0.1) is 0 Å². The van der Waals surface area contributed by atoms with Gasteiger partial charge < -0.3 is 4.57 Å². The molecule has 0 fully saturated rings. The van der Waals surface area contributed by atoms with Crippen LogP contribution >= 0.6 is 15.9 Å². The lowest BCUT2D eigenvalue weighted by molar-refractivity contribution is 1.18. The van der Waals surface area contributed by atoms with E-state index in [0.29, 0.717) is 0 Å². The summed E-state index contributed by atoms with van der Waals surface area (Å²) in [6, 6.07) is 61.3. The maximum Gasteiger partial charge on any atom is 0.0541 e. The minimum absolute atomic E-state index is 1.08. The summed E-state index contributed by atoms with van der Waals surface area (Å²) in [5.74, 6) is 0. The topological polar surface area (TPSA) is 4.93 Å². The van der Waals surface area contributed by atoms with Crippen LogP contribution in [0.4, 0.5) is 0 Å². The van der Waals surface area contributed by atoms with Crippen molar-refractivity contribution in [2.24, 2.45) is 0 Å². The molecule has 0 bridgehead atoms. The van der Waals surface area contributed by atoms with Crippen molar-refractivity contribution in [2.75, 3.05) is 0 Å². The van der Waals surface area contributed by atoms with Gasteiger partial charge in [-0.1, -0.05) is 137 Å². The monoisotopic (exact) mass is 625 g/mol. The second-order valence-electron chi connectivity index (χ2n) is 11.1. The lowest BCUT2D eigenvalue weighted by Gasteiger charge is -2.16. The Balaban J connectivity index is 1.41. The van der Waals surface area contributed by atoms with Crippen LogP contribution in [0.15, 0.2) is 174 Å². The number of hydrogen-bond acceptors (Lipinski definition) is 0. The molecule has 0 aliphatic rings. The van der Waals surface area contributed by atoms with E-state index in [-0.39, 0.29) is 0 Å². The molecule has 1 aromatic heterocycles. The van der Waals surface area contributed by atoms with Crippen LogP contribution in [-0.2, 0) is 0 Å². The molecular formula is C42H28BrN. The molecule has 44 heavy (non-hydrogen) atoms. The van der Waals surface area contributed by atoms with Crippen LogP contribution in [0.25, 0.3) is 72.0 Å². The Kier molecular flexibility index (Phi) is 6.70. The summed E-state index contributed by atoms with van der Waals surface area (Å²) in [4.78, 5) is 0. The Morgan fingerprint density at radius 2 is 0.886 bits per heavy atom. The lowest BCUT2D eigenvalue weighted by Crippen LogP contribution is -1.96. The minimum Gasteiger partial charge on any atom is -0.309 e. The Morgan fingerprint density at radius 3 is 1.66 bits per heavy atom. The van der Waals surface area contributed by atoms with E-state index in [1.54, 1.807) is 0 Å². The summed E-state index contributed by atoms with van der Waals surface area (Å²) < 4.78 is 3.49. The molecule has 2 heteroatoms. The predicted octanol–water partition coefficient (Wildman–Crippen LogP) is 12.2. The molecule has 0 N–H and O–H groups in total. The predicted molar refractivity (Wildman–Crippen MR) is 190 cm³/mol. The largest absolute Gasteiger partial charge is 0.309 e. The van der Waals surface area contributed by atoms with Crippen molar-refractivity contribution in [3.8, 4) is 50.2 Å². The number of aromatic nitrogens is 1. The molecule has 0 aliphatic heterocycles. The van der Waals surface area contributed by atoms with Crippen molar-refractivity contribution in [1.29, 1.82) is 0 Å². The maximum atomic E-state index is 3.71. The molecule has 0 amide bonds. The number of fused-ring (bicyclic) bond motifs is 3. The van der Waals surface area contributed by atoms with Gasteiger partial charge in [0.25, 0.3) is 0 Å². The SMILES string of the molecule is Brc1ccc2c(c1)c1ccccc1n2-c1cc(-c2cccc(-c3ccccc3)c2)cc(-c2ccccc2-c2ccccc2)c1. The Morgan fingerprint density at radius 1 is 0.341 bits per heavy atom. The molecule has 0 unspecified atom stereocenters. The smallest absolute Gasteiger partial charge is 0.0541 e. The number of benzene rings is 7. The van der Waals surface area contributed by atoms with Crippen LogP contribution < -0.4 is 0 Å². The molecule has 8 aromatic rings. The molecule has 0 aliphatic carbocycles. The van der Waals surface area contributed by atoms with Gasteiger partial charge in [-0.25, -0.2) is 0 Å². The Bertz CT molecular complexity index is 2280. The van der Waals surface area contributed by atoms with Crippen LogP contribution in [0.2, 0.25) is 0 Å². The number of para-hydroxylation sites is 1. The Hall–Kier alpha value is -5.18. The molecule has 0 saturated heterocycles. The molecule has 0 atom stereocenters. The quantitative estimate of drug-likeness (QED) is 0.179. The van der Waals surface area contributed by atoms with E-state index in [0.717, 1.165) is 10.2 Å². The zero-order chi connectivity index (χ0) is 29.5. The third kappa shape index (κ3) is 4.74. The van der Waals surface area contributed by atoms with Crippen LogP contribution in [-0.4, -0.2) is 4.57 Å². The highest BCUT2D eigenvalue weighted by atomic mass is 79.9. The molecule has 0 radical (unpaired) electrons. The van der Waals surface area contributed by atoms with Crippen LogP contribution in [0.5, 0.6) is 0 Å². The van der Waals surface area contributed by atoms with E-state index in [1.807, 2.05) is 0 Å². The number of rotatable bonds is 5. The first-order valence-electron chi connectivity index (χ1n) is 14.9. The van der Waals surface area contributed by atoms with Gasteiger partial charge in [0.2, 0.25) is 0 Å². The number of halogens is 1. The van der Waals surface area contributed by atoms with E-state index in [2.05, 4.69) is 190 Å². The summed E-state index contributed by atoms with van der Waals surface area (Å²) in [6.07, 6.45) is 0. The fourth-order valence-electron chi connectivity index (χ4n) is 6.40. The molecule has 8 rings (SSSR count). The third-order valence-electron chi connectivity index (χ3n) is 8.44. The van der Waals surface area contributed by atoms with Gasteiger partial charge in [-0.3, -0.25) is 0 Å². The van der Waals surface area contributed by atoms with Crippen molar-refractivity contribution in [3.63, 3.8) is 0 Å². The number of hydrogen-bond donors (Lipinski definition) is 0. The van der Waals surface area contributed by atoms with Gasteiger partial charge in [-0.15, -0.1) is 0 Å². The van der Waals surface area contributed by atoms with Crippen LogP contribution in [0.3, 0.4) is 0 Å². The maximum absolute atomic E-state index is 3.71. The highest BCUT2D eigenvalue weighted by molar-refractivity contribution is 9.10. The van der Waals surface area contributed by atoms with Gasteiger partial charge in [0.15, 0.2) is 0 Å². The fraction of sp³-hybridized carbons (Fsp3) is 0. The normalized spacial score (nSPS) is 11.3. The second kappa shape index (κ2) is 11.1. The van der Waals surface area contributed by atoms with E-state index in [9.17, 15) is 0 Å². The van der Waals surface area contributed by atoms with Gasteiger partial charge in [0.05, 0.1) is 11.0 Å². The lowest BCUT2D eigenvalue weighted by atomic mass is 9.91. The summed E-state index contributed by atoms with van der Waals surface area (Å²) in [7, 11) is 0. The van der Waals surface area contributed by atoms with E-state index < -0.39 is 0 Å². The molecule has 0 spiro atoms. The zero-order valence-electron chi connectivity index (χ0n) is 24.0. The van der Waals surface area contributed by atoms with Crippen molar-refractivity contribution in [1.82, 2.24) is 4.57 Å². The van der Waals surface area contributed by atoms with E-state index in [4.69, 9.17) is 0 Å². The second-order valence-corrected chi connectivity index (χ2v) is 12.1. The molecule has 7 aromatic carbocycles. The van der Waals surface area contributed by atoms with Crippen LogP contribution in [0.1, 0.15) is 0 Å². The molecule has 208 valence electrons. The summed E-state index contributed by atoms with van der Waals surface area (Å²) in [5.41, 5.74) is 13.1. The fourth-order valence-corrected chi connectivity index (χ4v) is 6.76. The first-order chi connectivity index (χ1) is 21.7. The molecule has 1 heterocycles. The minimum atomic E-state index is 1.08. The highest BCUT2D eigenvalue weighted by Gasteiger charge is 2.16. The molecule has 0 saturated carbocycles. The summed E-state index contributed by atoms with van der Waals surface area (Å²) in [6.45, 7) is 0. The summed E-state index contributed by atoms with van der Waals surface area (Å²) in [5, 5.41) is 2.48. The van der Waals surface area contributed by atoms with Gasteiger partial charge in [-0.05, 0) is 93.0 Å². The van der Waals surface area contributed by atoms with Crippen molar-refractivity contribution in [3.05, 3.63) is 174 Å². The van der Waals surface area contributed by atoms with Crippen molar-refractivity contribution >= 4 is 37.7 Å². The molecule has 1 nitrogen and oxygen atoms in total. The van der Waals surface area contributed by atoms with Crippen molar-refractivity contribution < 1.29 is 0 Å². The van der Waals surface area contributed by atoms with Gasteiger partial charge >= 0.3 is 0 Å². The Labute approximate surface area is 265 Å². The third-order valence-corrected chi connectivity index (χ3v) is 8.93. The van der Waals surface area contributed by atoms with Gasteiger partial charge in [0, 0.05) is 20.9 Å². The summed E-state index contributed by atoms with van der Waals surface area (Å²) >= 11 is 3.71. The zero-order valence-corrected chi connectivity index (χ0v) is 25.6. The average molecular weight is 627 g/mol. The van der Waals surface area contributed by atoms with Crippen molar-refractivity contribution in [2.45, 2.75) is 0 Å². The number of nitrogens with zero attached hydrogens (tertiary/aromatic N) is 1. The average Bonchev–Trinajstić information content (AvgIpc) is 3.42. The first-order valence-corrected chi connectivity index (χ1v) is 15.7. The first kappa shape index (κ1) is 26.4. The molecular weight excluding hydrogens is 598 g/mol. The van der Waals surface area contributed by atoms with Gasteiger partial charge in [0.1, 0.15) is 0 Å². The highest BCUT2D eigenvalue weighted by Crippen LogP contribution is 2.39. The van der Waals surface area contributed by atoms with E-state index in [1.165, 1.54) is 66.3 Å². The van der Waals surface area contributed by atoms with Gasteiger partial charge in [-0.2, -0.15) is 0 Å².